The van der Waals surface area contributed by atoms with Crippen LogP contribution < -0.4 is 0 Å². The number of benzene rings is 1. The third-order valence-electron chi connectivity index (χ3n) is 1.95. The molecule has 0 saturated heterocycles. The SMILES string of the molecule is C#CCc1cnc2ccccc2c1. The summed E-state index contributed by atoms with van der Waals surface area (Å²) in [5.74, 6) is 2.61. The highest BCUT2D eigenvalue weighted by Crippen LogP contribution is 2.12. The molecule has 13 heavy (non-hydrogen) atoms. The molecule has 0 aliphatic heterocycles. The van der Waals surface area contributed by atoms with E-state index >= 15 is 0 Å². The van der Waals surface area contributed by atoms with Gasteiger partial charge in [-0.1, -0.05) is 18.2 Å². The molecule has 0 aliphatic carbocycles. The van der Waals surface area contributed by atoms with Crippen LogP contribution in [0.4, 0.5) is 0 Å². The van der Waals surface area contributed by atoms with Crippen LogP contribution in [0.1, 0.15) is 5.56 Å². The summed E-state index contributed by atoms with van der Waals surface area (Å²) in [6.45, 7) is 0. The van der Waals surface area contributed by atoms with Gasteiger partial charge in [0.1, 0.15) is 0 Å². The molecule has 0 aliphatic rings. The van der Waals surface area contributed by atoms with E-state index < -0.39 is 0 Å². The van der Waals surface area contributed by atoms with Gasteiger partial charge in [0.15, 0.2) is 0 Å². The highest BCUT2D eigenvalue weighted by atomic mass is 14.6. The smallest absolute Gasteiger partial charge is 0.0702 e. The number of hydrogen-bond donors (Lipinski definition) is 0. The van der Waals surface area contributed by atoms with Gasteiger partial charge >= 0.3 is 0 Å². The van der Waals surface area contributed by atoms with Crippen molar-refractivity contribution in [1.29, 1.82) is 0 Å². The summed E-state index contributed by atoms with van der Waals surface area (Å²) >= 11 is 0. The average Bonchev–Trinajstić information content (AvgIpc) is 2.18. The monoisotopic (exact) mass is 167 g/mol. The predicted octanol–water partition coefficient (Wildman–Crippen LogP) is 2.41. The van der Waals surface area contributed by atoms with E-state index in [1.807, 2.05) is 30.5 Å². The molecule has 2 rings (SSSR count). The van der Waals surface area contributed by atoms with E-state index in [4.69, 9.17) is 6.42 Å². The summed E-state index contributed by atoms with van der Waals surface area (Å²) in [4.78, 5) is 4.30. The van der Waals surface area contributed by atoms with Crippen molar-refractivity contribution < 1.29 is 0 Å². The Morgan fingerprint density at radius 1 is 1.31 bits per heavy atom. The van der Waals surface area contributed by atoms with Crippen LogP contribution in [0.3, 0.4) is 0 Å². The molecule has 0 atom stereocenters. The van der Waals surface area contributed by atoms with Gasteiger partial charge < -0.3 is 0 Å². The maximum absolute atomic E-state index is 5.23. The van der Waals surface area contributed by atoms with E-state index in [0.29, 0.717) is 6.42 Å². The lowest BCUT2D eigenvalue weighted by molar-refractivity contribution is 1.26. The summed E-state index contributed by atoms with van der Waals surface area (Å²) in [5.41, 5.74) is 2.12. The summed E-state index contributed by atoms with van der Waals surface area (Å²) in [6, 6.07) is 10.1. The Bertz CT molecular complexity index is 466. The van der Waals surface area contributed by atoms with Gasteiger partial charge in [-0.15, -0.1) is 12.3 Å². The molecule has 1 heterocycles. The lowest BCUT2D eigenvalue weighted by atomic mass is 10.1. The third kappa shape index (κ3) is 1.52. The zero-order chi connectivity index (χ0) is 9.10. The van der Waals surface area contributed by atoms with E-state index in [-0.39, 0.29) is 0 Å². The van der Waals surface area contributed by atoms with Crippen LogP contribution in [0.2, 0.25) is 0 Å². The van der Waals surface area contributed by atoms with E-state index in [2.05, 4.69) is 17.0 Å². The molecular formula is C12H9N. The summed E-state index contributed by atoms with van der Waals surface area (Å²) in [7, 11) is 0. The van der Waals surface area contributed by atoms with Crippen LogP contribution in [0.5, 0.6) is 0 Å². The molecule has 0 fully saturated rings. The third-order valence-corrected chi connectivity index (χ3v) is 1.95. The maximum atomic E-state index is 5.23. The topological polar surface area (TPSA) is 12.9 Å². The van der Waals surface area contributed by atoms with E-state index in [1.165, 1.54) is 0 Å². The largest absolute Gasteiger partial charge is 0.256 e. The summed E-state index contributed by atoms with van der Waals surface area (Å²) < 4.78 is 0. The van der Waals surface area contributed by atoms with E-state index in [1.54, 1.807) is 0 Å². The first-order valence-electron chi connectivity index (χ1n) is 4.17. The molecule has 0 bridgehead atoms. The molecule has 0 N–H and O–H groups in total. The minimum absolute atomic E-state index is 0.651. The molecule has 0 saturated carbocycles. The molecule has 2 aromatic rings. The van der Waals surface area contributed by atoms with Crippen LogP contribution in [0.15, 0.2) is 36.5 Å². The first kappa shape index (κ1) is 7.82. The van der Waals surface area contributed by atoms with Crippen molar-refractivity contribution in [2.24, 2.45) is 0 Å². The molecule has 1 aromatic carbocycles. The maximum Gasteiger partial charge on any atom is 0.0702 e. The Morgan fingerprint density at radius 2 is 2.15 bits per heavy atom. The first-order chi connectivity index (χ1) is 6.40. The van der Waals surface area contributed by atoms with Gasteiger partial charge in [-0.05, 0) is 17.7 Å². The van der Waals surface area contributed by atoms with Gasteiger partial charge in [-0.3, -0.25) is 4.98 Å². The van der Waals surface area contributed by atoms with Crippen LogP contribution >= 0.6 is 0 Å². The highest BCUT2D eigenvalue weighted by molar-refractivity contribution is 5.78. The van der Waals surface area contributed by atoms with Gasteiger partial charge in [0.2, 0.25) is 0 Å². The minimum atomic E-state index is 0.651. The molecule has 0 spiro atoms. The van der Waals surface area contributed by atoms with E-state index in [9.17, 15) is 0 Å². The number of aromatic nitrogens is 1. The van der Waals surface area contributed by atoms with Crippen molar-refractivity contribution in [2.45, 2.75) is 6.42 Å². The van der Waals surface area contributed by atoms with Crippen molar-refractivity contribution in [3.8, 4) is 12.3 Å². The second-order valence-corrected chi connectivity index (χ2v) is 2.92. The fraction of sp³-hybridized carbons (Fsp3) is 0.0833. The standard InChI is InChI=1S/C12H9N/c1-2-5-10-8-11-6-3-4-7-12(11)13-9-10/h1,3-4,6-9H,5H2. The highest BCUT2D eigenvalue weighted by Gasteiger charge is 1.94. The molecule has 62 valence electrons. The van der Waals surface area contributed by atoms with E-state index in [0.717, 1.165) is 16.5 Å². The summed E-state index contributed by atoms with van der Waals surface area (Å²) in [6.07, 6.45) is 7.71. The number of nitrogens with zero attached hydrogens (tertiary/aromatic N) is 1. The Labute approximate surface area is 77.4 Å². The van der Waals surface area contributed by atoms with Gasteiger partial charge in [0.05, 0.1) is 5.52 Å². The second kappa shape index (κ2) is 3.28. The molecular weight excluding hydrogens is 158 g/mol. The Hall–Kier alpha value is -1.81. The van der Waals surface area contributed by atoms with Gasteiger partial charge in [-0.2, -0.15) is 0 Å². The number of terminal acetylenes is 1. The number of pyridine rings is 1. The zero-order valence-electron chi connectivity index (χ0n) is 7.20. The number of hydrogen-bond acceptors (Lipinski definition) is 1. The fourth-order valence-corrected chi connectivity index (χ4v) is 1.33. The molecule has 0 unspecified atom stereocenters. The Balaban J connectivity index is 2.57. The predicted molar refractivity (Wildman–Crippen MR) is 54.3 cm³/mol. The summed E-state index contributed by atoms with van der Waals surface area (Å²) in [5, 5.41) is 1.15. The first-order valence-corrected chi connectivity index (χ1v) is 4.17. The van der Waals surface area contributed by atoms with Crippen molar-refractivity contribution in [3.63, 3.8) is 0 Å². The normalized spacial score (nSPS) is 9.77. The average molecular weight is 167 g/mol. The Morgan fingerprint density at radius 3 is 3.00 bits per heavy atom. The van der Waals surface area contributed by atoms with Crippen molar-refractivity contribution in [1.82, 2.24) is 4.98 Å². The van der Waals surface area contributed by atoms with Crippen LogP contribution in [-0.2, 0) is 6.42 Å². The fourth-order valence-electron chi connectivity index (χ4n) is 1.33. The molecule has 1 heteroatoms. The molecule has 0 amide bonds. The van der Waals surface area contributed by atoms with Crippen LogP contribution in [0.25, 0.3) is 10.9 Å². The molecule has 0 radical (unpaired) electrons. The van der Waals surface area contributed by atoms with Gasteiger partial charge in [0, 0.05) is 18.0 Å². The van der Waals surface area contributed by atoms with Gasteiger partial charge in [0.25, 0.3) is 0 Å². The van der Waals surface area contributed by atoms with Crippen LogP contribution in [0, 0.1) is 12.3 Å². The quantitative estimate of drug-likeness (QED) is 0.594. The number of para-hydroxylation sites is 1. The van der Waals surface area contributed by atoms with Crippen molar-refractivity contribution >= 4 is 10.9 Å². The minimum Gasteiger partial charge on any atom is -0.256 e. The van der Waals surface area contributed by atoms with Crippen molar-refractivity contribution in [2.75, 3.05) is 0 Å². The number of fused-ring (bicyclic) bond motifs is 1. The van der Waals surface area contributed by atoms with Gasteiger partial charge in [-0.25, -0.2) is 0 Å². The number of rotatable bonds is 1. The molecule has 1 aromatic heterocycles. The zero-order valence-corrected chi connectivity index (χ0v) is 7.20. The second-order valence-electron chi connectivity index (χ2n) is 2.92. The van der Waals surface area contributed by atoms with Crippen molar-refractivity contribution in [3.05, 3.63) is 42.1 Å². The van der Waals surface area contributed by atoms with Crippen LogP contribution in [-0.4, -0.2) is 4.98 Å². The molecule has 1 nitrogen and oxygen atoms in total. The lowest BCUT2D eigenvalue weighted by Crippen LogP contribution is -1.84. The lowest BCUT2D eigenvalue weighted by Gasteiger charge is -1.98. The Kier molecular flexibility index (Phi) is 1.97.